The Hall–Kier alpha value is -0.280. The van der Waals surface area contributed by atoms with Crippen molar-refractivity contribution in [3.63, 3.8) is 0 Å². The lowest BCUT2D eigenvalue weighted by Gasteiger charge is -2.14. The van der Waals surface area contributed by atoms with E-state index in [0.29, 0.717) is 19.6 Å². The average Bonchev–Trinajstić information content (AvgIpc) is 2.57. The van der Waals surface area contributed by atoms with Crippen LogP contribution in [0.25, 0.3) is 0 Å². The molecule has 0 aromatic rings. The van der Waals surface area contributed by atoms with Gasteiger partial charge in [-0.15, -0.1) is 0 Å². The first-order chi connectivity index (χ1) is 11.6. The lowest BCUT2D eigenvalue weighted by molar-refractivity contribution is -0.0410. The minimum absolute atomic E-state index is 0. The van der Waals surface area contributed by atoms with Crippen LogP contribution >= 0.6 is 0 Å². The van der Waals surface area contributed by atoms with Gasteiger partial charge in [-0.1, -0.05) is 33.6 Å². The van der Waals surface area contributed by atoms with Crippen LogP contribution in [-0.4, -0.2) is 85.0 Å². The summed E-state index contributed by atoms with van der Waals surface area (Å²) in [5.74, 6) is 0. The second-order valence-corrected chi connectivity index (χ2v) is 6.03. The van der Waals surface area contributed by atoms with Gasteiger partial charge in [-0.05, 0) is 19.3 Å². The summed E-state index contributed by atoms with van der Waals surface area (Å²) >= 11 is 0. The molecular weight excluding hydrogens is 328 g/mol. The van der Waals surface area contributed by atoms with Crippen molar-refractivity contribution in [3.05, 3.63) is 0 Å². The Labute approximate surface area is 152 Å². The highest BCUT2D eigenvalue weighted by atomic mass is 16.5. The van der Waals surface area contributed by atoms with Gasteiger partial charge in [-0.25, -0.2) is 0 Å². The highest BCUT2D eigenvalue weighted by Gasteiger charge is 2.08. The predicted octanol–water partition coefficient (Wildman–Crippen LogP) is 1.11. The zero-order chi connectivity index (χ0) is 18.0. The van der Waals surface area contributed by atoms with E-state index < -0.39 is 18.3 Å². The molecule has 0 heterocycles. The monoisotopic (exact) mass is 368 g/mol. The smallest absolute Gasteiger partial charge is 0.101 e. The summed E-state index contributed by atoms with van der Waals surface area (Å²) in [7, 11) is 0. The highest BCUT2D eigenvalue weighted by Crippen LogP contribution is 2.05. The van der Waals surface area contributed by atoms with Crippen molar-refractivity contribution in [1.82, 2.24) is 0 Å². The first kappa shape index (κ1) is 26.9. The number of hydrogen-bond acceptors (Lipinski definition) is 7. The summed E-state index contributed by atoms with van der Waals surface area (Å²) in [6, 6.07) is 0. The van der Waals surface area contributed by atoms with Crippen molar-refractivity contribution in [1.29, 1.82) is 0 Å². The molecule has 0 aliphatic carbocycles. The Morgan fingerprint density at radius 2 is 1.24 bits per heavy atom. The number of ether oxygens (including phenoxy) is 3. The molecule has 7 heteroatoms. The molecule has 0 aromatic heterocycles. The number of hydrogen-bond donors (Lipinski definition) is 4. The molecule has 0 radical (unpaired) electrons. The minimum atomic E-state index is -0.809. The third-order valence-electron chi connectivity index (χ3n) is 3.42. The van der Waals surface area contributed by atoms with E-state index in [1.54, 1.807) is 0 Å². The van der Waals surface area contributed by atoms with Crippen LogP contribution < -0.4 is 0 Å². The zero-order valence-corrected chi connectivity index (χ0v) is 14.9. The van der Waals surface area contributed by atoms with Crippen molar-refractivity contribution in [3.8, 4) is 0 Å². The van der Waals surface area contributed by atoms with Crippen LogP contribution in [0.3, 0.4) is 0 Å². The van der Waals surface area contributed by atoms with E-state index in [4.69, 9.17) is 24.4 Å². The van der Waals surface area contributed by atoms with Gasteiger partial charge in [0.15, 0.2) is 0 Å². The first-order valence-corrected chi connectivity index (χ1v) is 8.98. The summed E-state index contributed by atoms with van der Waals surface area (Å²) in [4.78, 5) is 0. The standard InChI is InChI=1S/C17H36O7.CH4/c1-2-3-8-22-13-17(21)14-24-11-15(19)7-5-4-6-9-23-12-16(20)10-18;/h15-21H,2-14H2,1H3;1H4. The van der Waals surface area contributed by atoms with E-state index >= 15 is 0 Å². The molecule has 7 nitrogen and oxygen atoms in total. The molecule has 25 heavy (non-hydrogen) atoms. The molecule has 0 amide bonds. The lowest BCUT2D eigenvalue weighted by atomic mass is 10.1. The summed E-state index contributed by atoms with van der Waals surface area (Å²) in [5, 5.41) is 37.1. The minimum Gasteiger partial charge on any atom is -0.394 e. The van der Waals surface area contributed by atoms with Crippen molar-refractivity contribution < 1.29 is 34.6 Å². The third-order valence-corrected chi connectivity index (χ3v) is 3.42. The fourth-order valence-electron chi connectivity index (χ4n) is 1.97. The molecule has 0 aromatic carbocycles. The van der Waals surface area contributed by atoms with Crippen molar-refractivity contribution in [2.45, 2.75) is 71.2 Å². The van der Waals surface area contributed by atoms with Crippen LogP contribution in [0.15, 0.2) is 0 Å². The van der Waals surface area contributed by atoms with E-state index in [0.717, 1.165) is 32.1 Å². The molecule has 3 unspecified atom stereocenters. The quantitative estimate of drug-likeness (QED) is 0.268. The molecule has 0 saturated heterocycles. The molecule has 4 N–H and O–H groups in total. The fourth-order valence-corrected chi connectivity index (χ4v) is 1.97. The number of aliphatic hydroxyl groups excluding tert-OH is 4. The summed E-state index contributed by atoms with van der Waals surface area (Å²) < 4.78 is 15.8. The van der Waals surface area contributed by atoms with E-state index in [2.05, 4.69) is 6.92 Å². The maximum Gasteiger partial charge on any atom is 0.101 e. The van der Waals surface area contributed by atoms with E-state index in [-0.39, 0.29) is 40.5 Å². The second-order valence-electron chi connectivity index (χ2n) is 6.03. The molecular formula is C18H40O7. The molecule has 0 aliphatic rings. The van der Waals surface area contributed by atoms with Gasteiger partial charge >= 0.3 is 0 Å². The van der Waals surface area contributed by atoms with E-state index in [1.165, 1.54) is 0 Å². The highest BCUT2D eigenvalue weighted by molar-refractivity contribution is 4.57. The fraction of sp³-hybridized carbons (Fsp3) is 1.00. The molecule has 0 aliphatic heterocycles. The largest absolute Gasteiger partial charge is 0.394 e. The molecule has 3 atom stereocenters. The molecule has 0 spiro atoms. The summed E-state index contributed by atoms with van der Waals surface area (Å²) in [5.41, 5.74) is 0. The van der Waals surface area contributed by atoms with Gasteiger partial charge in [0.25, 0.3) is 0 Å². The van der Waals surface area contributed by atoms with Crippen LogP contribution in [0.5, 0.6) is 0 Å². The first-order valence-electron chi connectivity index (χ1n) is 8.98. The normalized spacial score (nSPS) is 14.8. The van der Waals surface area contributed by atoms with Crippen LogP contribution in [0.4, 0.5) is 0 Å². The maximum absolute atomic E-state index is 9.79. The Morgan fingerprint density at radius 1 is 0.680 bits per heavy atom. The van der Waals surface area contributed by atoms with Crippen molar-refractivity contribution in [2.24, 2.45) is 0 Å². The van der Waals surface area contributed by atoms with Gasteiger partial charge in [0.05, 0.1) is 39.1 Å². The van der Waals surface area contributed by atoms with Crippen LogP contribution in [0.2, 0.25) is 0 Å². The van der Waals surface area contributed by atoms with Crippen LogP contribution in [-0.2, 0) is 14.2 Å². The molecule has 0 rings (SSSR count). The predicted molar refractivity (Wildman–Crippen MR) is 97.7 cm³/mol. The Balaban J connectivity index is 0. The Morgan fingerprint density at radius 3 is 1.88 bits per heavy atom. The number of rotatable bonds is 18. The van der Waals surface area contributed by atoms with Gasteiger partial charge in [0.1, 0.15) is 12.2 Å². The van der Waals surface area contributed by atoms with Gasteiger partial charge in [-0.3, -0.25) is 0 Å². The Bertz CT molecular complexity index is 254. The van der Waals surface area contributed by atoms with Gasteiger partial charge in [-0.2, -0.15) is 0 Å². The topological polar surface area (TPSA) is 109 Å². The average molecular weight is 369 g/mol. The van der Waals surface area contributed by atoms with E-state index in [9.17, 15) is 10.2 Å². The van der Waals surface area contributed by atoms with Crippen LogP contribution in [0, 0.1) is 0 Å². The molecule has 0 bridgehead atoms. The van der Waals surface area contributed by atoms with Crippen LogP contribution in [0.1, 0.15) is 52.9 Å². The van der Waals surface area contributed by atoms with Gasteiger partial charge in [0.2, 0.25) is 0 Å². The van der Waals surface area contributed by atoms with Gasteiger partial charge in [0, 0.05) is 13.2 Å². The lowest BCUT2D eigenvalue weighted by Crippen LogP contribution is -2.25. The SMILES string of the molecule is C.CCCCOCC(O)COCC(O)CCCCCOCC(O)CO. The second kappa shape index (κ2) is 20.0. The third kappa shape index (κ3) is 19.9. The van der Waals surface area contributed by atoms with Crippen molar-refractivity contribution in [2.75, 3.05) is 46.2 Å². The maximum atomic E-state index is 9.79. The summed E-state index contributed by atoms with van der Waals surface area (Å²) in [6.45, 7) is 3.78. The Kier molecular flexibility index (Phi) is 21.6. The van der Waals surface area contributed by atoms with E-state index in [1.807, 2.05) is 0 Å². The van der Waals surface area contributed by atoms with Crippen molar-refractivity contribution >= 4 is 0 Å². The number of unbranched alkanes of at least 4 members (excludes halogenated alkanes) is 3. The molecule has 0 fully saturated rings. The number of aliphatic hydroxyl groups is 4. The summed E-state index contributed by atoms with van der Waals surface area (Å²) in [6.07, 6.45) is 3.32. The van der Waals surface area contributed by atoms with Gasteiger partial charge < -0.3 is 34.6 Å². The zero-order valence-electron chi connectivity index (χ0n) is 14.9. The molecule has 154 valence electrons. The molecule has 0 saturated carbocycles.